The molecular weight excluding hydrogens is 525 g/mol. The van der Waals surface area contributed by atoms with Gasteiger partial charge in [0.15, 0.2) is 0 Å². The lowest BCUT2D eigenvalue weighted by Gasteiger charge is -2.29. The van der Waals surface area contributed by atoms with E-state index in [1.807, 2.05) is 30.3 Å². The first-order chi connectivity index (χ1) is 15.4. The van der Waals surface area contributed by atoms with E-state index in [1.54, 1.807) is 12.1 Å². The molecule has 9 nitrogen and oxygen atoms in total. The van der Waals surface area contributed by atoms with Gasteiger partial charge in [0, 0.05) is 46.6 Å². The number of urea groups is 1. The first kappa shape index (κ1) is 22.1. The summed E-state index contributed by atoms with van der Waals surface area (Å²) in [7, 11) is 0. The van der Waals surface area contributed by atoms with Crippen LogP contribution < -0.4 is 21.3 Å². The molecule has 0 aliphatic carbocycles. The summed E-state index contributed by atoms with van der Waals surface area (Å²) in [5.74, 6) is -0.923. The Bertz CT molecular complexity index is 1070. The summed E-state index contributed by atoms with van der Waals surface area (Å²) in [5, 5.41) is 11.1. The van der Waals surface area contributed by atoms with Crippen molar-refractivity contribution in [3.8, 4) is 0 Å². The minimum atomic E-state index is -0.625. The van der Waals surface area contributed by atoms with Gasteiger partial charge >= 0.3 is 6.03 Å². The molecule has 166 valence electrons. The highest BCUT2D eigenvalue weighted by molar-refractivity contribution is 14.1. The topological polar surface area (TPSA) is 120 Å². The summed E-state index contributed by atoms with van der Waals surface area (Å²) in [6.45, 7) is 1.24. The van der Waals surface area contributed by atoms with Gasteiger partial charge in [-0.05, 0) is 77.0 Å². The van der Waals surface area contributed by atoms with Crippen molar-refractivity contribution in [2.24, 2.45) is 0 Å². The molecule has 0 radical (unpaired) electrons. The molecule has 5 amide bonds. The van der Waals surface area contributed by atoms with Crippen molar-refractivity contribution >= 4 is 57.7 Å². The van der Waals surface area contributed by atoms with E-state index in [9.17, 15) is 19.2 Å². The van der Waals surface area contributed by atoms with Crippen LogP contribution in [0.1, 0.15) is 28.8 Å². The van der Waals surface area contributed by atoms with Crippen LogP contribution >= 0.6 is 22.6 Å². The number of piperidine rings is 1. The highest BCUT2D eigenvalue weighted by Crippen LogP contribution is 2.29. The third-order valence-corrected chi connectivity index (χ3v) is 6.08. The number of hydrogen-bond donors (Lipinski definition) is 4. The SMILES string of the molecule is O=C1CCC(N2Cc3cc(NCCNC(=O)Nc4ccc(I)cc4)ccc3C2=O)C(=O)N1. The van der Waals surface area contributed by atoms with E-state index >= 15 is 0 Å². The van der Waals surface area contributed by atoms with Crippen molar-refractivity contribution in [2.75, 3.05) is 23.7 Å². The van der Waals surface area contributed by atoms with Crippen LogP contribution in [0.2, 0.25) is 0 Å². The second kappa shape index (κ2) is 9.55. The predicted octanol–water partition coefficient (Wildman–Crippen LogP) is 2.29. The predicted molar refractivity (Wildman–Crippen MR) is 127 cm³/mol. The molecular formula is C22H22IN5O4. The van der Waals surface area contributed by atoms with E-state index in [-0.39, 0.29) is 24.3 Å². The number of benzene rings is 2. The van der Waals surface area contributed by atoms with Crippen molar-refractivity contribution < 1.29 is 19.2 Å². The van der Waals surface area contributed by atoms with Gasteiger partial charge in [-0.3, -0.25) is 19.7 Å². The summed E-state index contributed by atoms with van der Waals surface area (Å²) < 4.78 is 1.09. The Balaban J connectivity index is 1.27. The Morgan fingerprint density at radius 1 is 1.06 bits per heavy atom. The average molecular weight is 547 g/mol. The van der Waals surface area contributed by atoms with Gasteiger partial charge in [0.25, 0.3) is 5.91 Å². The molecule has 32 heavy (non-hydrogen) atoms. The normalized spacial score (nSPS) is 17.6. The monoisotopic (exact) mass is 547 g/mol. The molecule has 0 saturated carbocycles. The molecule has 2 aliphatic heterocycles. The highest BCUT2D eigenvalue weighted by Gasteiger charge is 2.39. The number of carbonyl (C=O) groups excluding carboxylic acids is 4. The van der Waals surface area contributed by atoms with E-state index < -0.39 is 11.9 Å². The Labute approximate surface area is 198 Å². The number of fused-ring (bicyclic) bond motifs is 1. The quantitative estimate of drug-likeness (QED) is 0.252. The standard InChI is InChI=1S/C22H22IN5O4/c23-14-1-3-15(4-2-14)26-22(32)25-10-9-24-16-5-6-17-13(11-16)12-28(21(17)31)18-7-8-19(29)27-20(18)30/h1-6,11,18,24H,7-10,12H2,(H2,25,26,32)(H,27,29,30). The van der Waals surface area contributed by atoms with Crippen molar-refractivity contribution in [3.05, 3.63) is 57.2 Å². The van der Waals surface area contributed by atoms with E-state index in [4.69, 9.17) is 0 Å². The maximum atomic E-state index is 12.7. The zero-order valence-electron chi connectivity index (χ0n) is 17.1. The van der Waals surface area contributed by atoms with Crippen LogP contribution in [0, 0.1) is 3.57 Å². The van der Waals surface area contributed by atoms with Crippen LogP contribution in [0.3, 0.4) is 0 Å². The molecule has 2 aliphatic rings. The second-order valence-electron chi connectivity index (χ2n) is 7.59. The van der Waals surface area contributed by atoms with Gasteiger partial charge in [-0.2, -0.15) is 0 Å². The molecule has 1 saturated heterocycles. The minimum Gasteiger partial charge on any atom is -0.383 e. The molecule has 1 atom stereocenters. The molecule has 10 heteroatoms. The van der Waals surface area contributed by atoms with Crippen LogP contribution in [0.25, 0.3) is 0 Å². The fourth-order valence-electron chi connectivity index (χ4n) is 3.78. The largest absolute Gasteiger partial charge is 0.383 e. The number of halogens is 1. The Kier molecular flexibility index (Phi) is 6.58. The third-order valence-electron chi connectivity index (χ3n) is 5.37. The Hall–Kier alpha value is -3.15. The molecule has 4 rings (SSSR count). The van der Waals surface area contributed by atoms with E-state index in [1.165, 1.54) is 4.90 Å². The summed E-state index contributed by atoms with van der Waals surface area (Å²) in [6, 6.07) is 12.0. The van der Waals surface area contributed by atoms with Gasteiger partial charge in [0.05, 0.1) is 0 Å². The first-order valence-electron chi connectivity index (χ1n) is 10.2. The summed E-state index contributed by atoms with van der Waals surface area (Å²) in [6.07, 6.45) is 0.568. The maximum Gasteiger partial charge on any atom is 0.319 e. The molecule has 2 heterocycles. The van der Waals surface area contributed by atoms with Gasteiger partial charge in [-0.1, -0.05) is 0 Å². The zero-order valence-corrected chi connectivity index (χ0v) is 19.3. The molecule has 2 aromatic carbocycles. The minimum absolute atomic E-state index is 0.199. The molecule has 1 unspecified atom stereocenters. The van der Waals surface area contributed by atoms with Crippen molar-refractivity contribution in [1.82, 2.24) is 15.5 Å². The summed E-state index contributed by atoms with van der Waals surface area (Å²) >= 11 is 2.20. The second-order valence-corrected chi connectivity index (χ2v) is 8.83. The molecule has 4 N–H and O–H groups in total. The number of rotatable bonds is 6. The van der Waals surface area contributed by atoms with Crippen LogP contribution in [-0.4, -0.2) is 47.8 Å². The Morgan fingerprint density at radius 3 is 2.56 bits per heavy atom. The molecule has 2 aromatic rings. The van der Waals surface area contributed by atoms with E-state index in [2.05, 4.69) is 43.9 Å². The van der Waals surface area contributed by atoms with Crippen molar-refractivity contribution in [1.29, 1.82) is 0 Å². The fourth-order valence-corrected chi connectivity index (χ4v) is 4.14. The van der Waals surface area contributed by atoms with Gasteiger partial charge in [-0.15, -0.1) is 0 Å². The zero-order chi connectivity index (χ0) is 22.7. The van der Waals surface area contributed by atoms with E-state index in [0.717, 1.165) is 20.5 Å². The van der Waals surface area contributed by atoms with Crippen LogP contribution in [0.15, 0.2) is 42.5 Å². The Morgan fingerprint density at radius 2 is 1.81 bits per heavy atom. The highest BCUT2D eigenvalue weighted by atomic mass is 127. The average Bonchev–Trinajstić information content (AvgIpc) is 3.08. The van der Waals surface area contributed by atoms with Crippen molar-refractivity contribution in [3.63, 3.8) is 0 Å². The molecule has 0 bridgehead atoms. The first-order valence-corrected chi connectivity index (χ1v) is 11.3. The number of imide groups is 1. The van der Waals surface area contributed by atoms with Crippen LogP contribution in [-0.2, 0) is 16.1 Å². The number of nitrogens with one attached hydrogen (secondary N) is 4. The lowest BCUT2D eigenvalue weighted by atomic mass is 10.0. The maximum absolute atomic E-state index is 12.7. The van der Waals surface area contributed by atoms with Gasteiger partial charge in [-0.25, -0.2) is 4.79 Å². The van der Waals surface area contributed by atoms with Crippen molar-refractivity contribution in [2.45, 2.75) is 25.4 Å². The lowest BCUT2D eigenvalue weighted by Crippen LogP contribution is -2.52. The molecule has 0 aromatic heterocycles. The number of anilines is 2. The lowest BCUT2D eigenvalue weighted by molar-refractivity contribution is -0.136. The van der Waals surface area contributed by atoms with Crippen LogP contribution in [0.4, 0.5) is 16.2 Å². The summed E-state index contributed by atoms with van der Waals surface area (Å²) in [5.41, 5.74) is 2.94. The number of nitrogens with zero attached hydrogens (tertiary/aromatic N) is 1. The molecule has 1 fully saturated rings. The van der Waals surface area contributed by atoms with Crippen LogP contribution in [0.5, 0.6) is 0 Å². The number of carbonyl (C=O) groups is 4. The van der Waals surface area contributed by atoms with Gasteiger partial charge in [0.1, 0.15) is 6.04 Å². The third kappa shape index (κ3) is 5.01. The summed E-state index contributed by atoms with van der Waals surface area (Å²) in [4.78, 5) is 49.7. The van der Waals surface area contributed by atoms with E-state index in [0.29, 0.717) is 31.6 Å². The van der Waals surface area contributed by atoms with Gasteiger partial charge < -0.3 is 20.9 Å². The molecule has 0 spiro atoms. The number of amides is 5. The fraction of sp³-hybridized carbons (Fsp3) is 0.273. The van der Waals surface area contributed by atoms with Gasteiger partial charge in [0.2, 0.25) is 11.8 Å². The number of hydrogen-bond acceptors (Lipinski definition) is 5. The smallest absolute Gasteiger partial charge is 0.319 e.